The predicted molar refractivity (Wildman–Crippen MR) is 78.9 cm³/mol. The molecule has 20 heavy (non-hydrogen) atoms. The second-order valence-corrected chi connectivity index (χ2v) is 6.34. The molecule has 1 aromatic heterocycles. The molecular formula is C15H25N3O2. The summed E-state index contributed by atoms with van der Waals surface area (Å²) < 4.78 is 5.73. The normalized spacial score (nSPS) is 23.6. The Balaban J connectivity index is 2.13. The lowest BCUT2D eigenvalue weighted by Gasteiger charge is -2.37. The molecule has 5 nitrogen and oxygen atoms in total. The van der Waals surface area contributed by atoms with E-state index in [1.165, 1.54) is 0 Å². The zero-order valence-corrected chi connectivity index (χ0v) is 13.0. The van der Waals surface area contributed by atoms with Crippen LogP contribution < -0.4 is 10.9 Å². The van der Waals surface area contributed by atoms with Crippen LogP contribution in [0.5, 0.6) is 0 Å². The van der Waals surface area contributed by atoms with Gasteiger partial charge in [-0.05, 0) is 47.5 Å². The van der Waals surface area contributed by atoms with Gasteiger partial charge >= 0.3 is 0 Å². The summed E-state index contributed by atoms with van der Waals surface area (Å²) in [7, 11) is 0. The van der Waals surface area contributed by atoms with E-state index in [2.05, 4.69) is 29.1 Å². The zero-order valence-electron chi connectivity index (χ0n) is 13.0. The van der Waals surface area contributed by atoms with Gasteiger partial charge in [0.15, 0.2) is 0 Å². The summed E-state index contributed by atoms with van der Waals surface area (Å²) >= 11 is 0. The molecule has 1 aromatic rings. The number of aromatic nitrogens is 2. The predicted octanol–water partition coefficient (Wildman–Crippen LogP) is 1.99. The molecule has 1 aliphatic heterocycles. The third-order valence-corrected chi connectivity index (χ3v) is 3.88. The molecule has 0 aliphatic carbocycles. The average Bonchev–Trinajstić information content (AvgIpc) is 2.25. The van der Waals surface area contributed by atoms with Crippen LogP contribution in [0.25, 0.3) is 0 Å². The van der Waals surface area contributed by atoms with Gasteiger partial charge in [0, 0.05) is 24.4 Å². The van der Waals surface area contributed by atoms with Gasteiger partial charge in [0.1, 0.15) is 5.82 Å². The molecule has 2 rings (SSSR count). The van der Waals surface area contributed by atoms with Crippen LogP contribution in [0.1, 0.15) is 56.7 Å². The summed E-state index contributed by atoms with van der Waals surface area (Å²) in [6.45, 7) is 10.7. The Bertz CT molecular complexity index is 536. The molecule has 1 saturated heterocycles. The molecule has 1 aliphatic rings. The largest absolute Gasteiger partial charge is 0.375 e. The molecule has 0 radical (unpaired) electrons. The molecule has 2 unspecified atom stereocenters. The minimum Gasteiger partial charge on any atom is -0.375 e. The molecular weight excluding hydrogens is 254 g/mol. The summed E-state index contributed by atoms with van der Waals surface area (Å²) in [6, 6.07) is 0.361. The van der Waals surface area contributed by atoms with Crippen molar-refractivity contribution < 1.29 is 4.74 Å². The van der Waals surface area contributed by atoms with Gasteiger partial charge in [-0.1, -0.05) is 0 Å². The number of H-pyrrole nitrogens is 1. The second kappa shape index (κ2) is 5.66. The van der Waals surface area contributed by atoms with Gasteiger partial charge in [-0.15, -0.1) is 0 Å². The van der Waals surface area contributed by atoms with Crippen molar-refractivity contribution in [1.82, 2.24) is 15.3 Å². The summed E-state index contributed by atoms with van der Waals surface area (Å²) in [5, 5.41) is 3.55. The minimum atomic E-state index is -0.0946. The Labute approximate surface area is 120 Å². The van der Waals surface area contributed by atoms with Crippen LogP contribution >= 0.6 is 0 Å². The fourth-order valence-electron chi connectivity index (χ4n) is 3.06. The van der Waals surface area contributed by atoms with E-state index in [1.807, 2.05) is 13.8 Å². The lowest BCUT2D eigenvalue weighted by molar-refractivity contribution is -0.0640. The number of aryl methyl sites for hydroxylation is 2. The highest BCUT2D eigenvalue weighted by Gasteiger charge is 2.30. The van der Waals surface area contributed by atoms with Gasteiger partial charge in [0.2, 0.25) is 0 Å². The van der Waals surface area contributed by atoms with Crippen molar-refractivity contribution in [3.8, 4) is 0 Å². The minimum absolute atomic E-state index is 0.00856. The summed E-state index contributed by atoms with van der Waals surface area (Å²) in [5.41, 5.74) is 1.40. The number of nitrogens with one attached hydrogen (secondary N) is 2. The van der Waals surface area contributed by atoms with Crippen molar-refractivity contribution in [3.63, 3.8) is 0 Å². The third kappa shape index (κ3) is 3.46. The van der Waals surface area contributed by atoms with Crippen molar-refractivity contribution in [3.05, 3.63) is 27.4 Å². The van der Waals surface area contributed by atoms with Gasteiger partial charge in [-0.25, -0.2) is 4.98 Å². The molecule has 2 heterocycles. The smallest absolute Gasteiger partial charge is 0.255 e. The maximum absolute atomic E-state index is 12.1. The number of hydrogen-bond acceptors (Lipinski definition) is 4. The highest BCUT2D eigenvalue weighted by Crippen LogP contribution is 2.25. The first-order chi connectivity index (χ1) is 9.28. The molecule has 0 aromatic carbocycles. The number of hydrogen-bond donors (Lipinski definition) is 2. The Kier molecular flexibility index (Phi) is 4.30. The highest BCUT2D eigenvalue weighted by molar-refractivity contribution is 5.20. The van der Waals surface area contributed by atoms with Crippen LogP contribution in [-0.4, -0.2) is 28.2 Å². The molecule has 5 heteroatoms. The van der Waals surface area contributed by atoms with Gasteiger partial charge in [0.25, 0.3) is 5.56 Å². The summed E-state index contributed by atoms with van der Waals surface area (Å²) in [6.07, 6.45) is 1.93. The van der Waals surface area contributed by atoms with Crippen molar-refractivity contribution in [1.29, 1.82) is 0 Å². The molecule has 1 fully saturated rings. The van der Waals surface area contributed by atoms with E-state index in [4.69, 9.17) is 4.74 Å². The number of nitrogens with zero attached hydrogens (tertiary/aromatic N) is 1. The van der Waals surface area contributed by atoms with E-state index < -0.39 is 0 Å². The van der Waals surface area contributed by atoms with Crippen molar-refractivity contribution >= 4 is 0 Å². The van der Waals surface area contributed by atoms with Crippen molar-refractivity contribution in [2.75, 3.05) is 6.61 Å². The molecule has 0 amide bonds. The SMILES string of the molecule is Cc1nc(C)c(C(C)NC2CCOC(C)(C)C2)c(=O)[nH]1. The summed E-state index contributed by atoms with van der Waals surface area (Å²) in [5.74, 6) is 0.663. The first-order valence-corrected chi connectivity index (χ1v) is 7.26. The van der Waals surface area contributed by atoms with Gasteiger partial charge < -0.3 is 15.0 Å². The maximum Gasteiger partial charge on any atom is 0.255 e. The van der Waals surface area contributed by atoms with E-state index in [9.17, 15) is 4.79 Å². The van der Waals surface area contributed by atoms with Gasteiger partial charge in [0.05, 0.1) is 11.2 Å². The number of ether oxygens (including phenoxy) is 1. The third-order valence-electron chi connectivity index (χ3n) is 3.88. The number of aromatic amines is 1. The first-order valence-electron chi connectivity index (χ1n) is 7.26. The Hall–Kier alpha value is -1.20. The van der Waals surface area contributed by atoms with Crippen LogP contribution in [0, 0.1) is 13.8 Å². The van der Waals surface area contributed by atoms with Crippen LogP contribution in [-0.2, 0) is 4.74 Å². The molecule has 0 bridgehead atoms. The maximum atomic E-state index is 12.1. The molecule has 0 spiro atoms. The molecule has 2 atom stereocenters. The first kappa shape index (κ1) is 15.2. The van der Waals surface area contributed by atoms with E-state index >= 15 is 0 Å². The number of rotatable bonds is 3. The molecule has 0 saturated carbocycles. The fourth-order valence-corrected chi connectivity index (χ4v) is 3.06. The van der Waals surface area contributed by atoms with Gasteiger partial charge in [-0.3, -0.25) is 4.79 Å². The Morgan fingerprint density at radius 1 is 1.45 bits per heavy atom. The molecule has 112 valence electrons. The Morgan fingerprint density at radius 3 is 2.75 bits per heavy atom. The second-order valence-electron chi connectivity index (χ2n) is 6.34. The van der Waals surface area contributed by atoms with Crippen LogP contribution in [0.15, 0.2) is 4.79 Å². The standard InChI is InChI=1S/C15H25N3O2/c1-9-13(14(19)18-11(3)16-9)10(2)17-12-6-7-20-15(4,5)8-12/h10,12,17H,6-8H2,1-5H3,(H,16,18,19). The van der Waals surface area contributed by atoms with E-state index in [0.717, 1.165) is 30.7 Å². The Morgan fingerprint density at radius 2 is 2.15 bits per heavy atom. The zero-order chi connectivity index (χ0) is 14.9. The van der Waals surface area contributed by atoms with E-state index in [1.54, 1.807) is 6.92 Å². The van der Waals surface area contributed by atoms with Crippen LogP contribution in [0.3, 0.4) is 0 Å². The lowest BCUT2D eigenvalue weighted by atomic mass is 9.93. The van der Waals surface area contributed by atoms with Gasteiger partial charge in [-0.2, -0.15) is 0 Å². The monoisotopic (exact) mass is 279 g/mol. The fraction of sp³-hybridized carbons (Fsp3) is 0.733. The van der Waals surface area contributed by atoms with Crippen LogP contribution in [0.4, 0.5) is 0 Å². The lowest BCUT2D eigenvalue weighted by Crippen LogP contribution is -2.45. The quantitative estimate of drug-likeness (QED) is 0.888. The van der Waals surface area contributed by atoms with Crippen LogP contribution in [0.2, 0.25) is 0 Å². The van der Waals surface area contributed by atoms with Crippen molar-refractivity contribution in [2.45, 2.75) is 65.1 Å². The summed E-state index contributed by atoms with van der Waals surface area (Å²) in [4.78, 5) is 19.3. The average molecular weight is 279 g/mol. The molecule has 2 N–H and O–H groups in total. The highest BCUT2D eigenvalue weighted by atomic mass is 16.5. The van der Waals surface area contributed by atoms with Crippen molar-refractivity contribution in [2.24, 2.45) is 0 Å². The van der Waals surface area contributed by atoms with E-state index in [0.29, 0.717) is 11.9 Å². The topological polar surface area (TPSA) is 67.0 Å². The van der Waals surface area contributed by atoms with E-state index in [-0.39, 0.29) is 17.2 Å².